The van der Waals surface area contributed by atoms with Crippen molar-refractivity contribution in [3.05, 3.63) is 29.8 Å². The van der Waals surface area contributed by atoms with Crippen molar-refractivity contribution in [3.8, 4) is 0 Å². The summed E-state index contributed by atoms with van der Waals surface area (Å²) in [5, 5.41) is 0. The van der Waals surface area contributed by atoms with Crippen LogP contribution in [0.3, 0.4) is 0 Å². The monoisotopic (exact) mass is 259 g/mol. The fraction of sp³-hybridized carbons (Fsp3) is 0.588. The second-order valence-corrected chi connectivity index (χ2v) is 5.06. The van der Waals surface area contributed by atoms with E-state index in [2.05, 4.69) is 18.0 Å². The molecule has 0 atom stereocenters. The highest BCUT2D eigenvalue weighted by Crippen LogP contribution is 2.20. The molecular weight excluding hydrogens is 234 g/mol. The van der Waals surface area contributed by atoms with E-state index in [1.807, 2.05) is 18.2 Å². The number of aliphatic imine (C=N–C) groups is 1. The highest BCUT2D eigenvalue weighted by Gasteiger charge is 2.00. The number of hydrogen-bond acceptors (Lipinski definition) is 2. The Kier molecular flexibility index (Phi) is 8.67. The lowest BCUT2D eigenvalue weighted by molar-refractivity contribution is 0.565. The van der Waals surface area contributed by atoms with E-state index in [0.717, 1.165) is 17.7 Å². The van der Waals surface area contributed by atoms with E-state index >= 15 is 0 Å². The summed E-state index contributed by atoms with van der Waals surface area (Å²) in [5.41, 5.74) is 1.94. The number of hydrogen-bond donors (Lipinski definition) is 0. The Morgan fingerprint density at radius 2 is 1.58 bits per heavy atom. The maximum Gasteiger partial charge on any atom is 0.240 e. The first-order valence-corrected chi connectivity index (χ1v) is 7.54. The lowest BCUT2D eigenvalue weighted by Crippen LogP contribution is -1.87. The van der Waals surface area contributed by atoms with Crippen LogP contribution in [-0.2, 0) is 11.2 Å². The molecule has 2 heteroatoms. The van der Waals surface area contributed by atoms with Gasteiger partial charge in [0.1, 0.15) is 0 Å². The Labute approximate surface area is 117 Å². The van der Waals surface area contributed by atoms with E-state index in [-0.39, 0.29) is 0 Å². The summed E-state index contributed by atoms with van der Waals surface area (Å²) >= 11 is 0. The van der Waals surface area contributed by atoms with Gasteiger partial charge in [0.2, 0.25) is 6.08 Å². The van der Waals surface area contributed by atoms with Gasteiger partial charge < -0.3 is 0 Å². The molecule has 0 heterocycles. The Hall–Kier alpha value is -1.40. The molecule has 0 spiro atoms. The molecule has 1 rings (SSSR count). The average Bonchev–Trinajstić information content (AvgIpc) is 2.44. The van der Waals surface area contributed by atoms with Crippen molar-refractivity contribution < 1.29 is 4.79 Å². The Morgan fingerprint density at radius 3 is 2.26 bits per heavy atom. The molecule has 0 radical (unpaired) electrons. The SMILES string of the molecule is CCCCCCCCCCc1ccccc1N=C=O. The van der Waals surface area contributed by atoms with Gasteiger partial charge in [-0.2, -0.15) is 4.99 Å². The number of unbranched alkanes of at least 4 members (excludes halogenated alkanes) is 7. The van der Waals surface area contributed by atoms with Gasteiger partial charge in [0.05, 0.1) is 5.69 Å². The molecule has 0 aliphatic rings. The van der Waals surface area contributed by atoms with Crippen LogP contribution in [0.2, 0.25) is 0 Å². The molecular formula is C17H25NO. The zero-order valence-corrected chi connectivity index (χ0v) is 12.0. The van der Waals surface area contributed by atoms with Crippen LogP contribution in [0.25, 0.3) is 0 Å². The molecule has 0 fully saturated rings. The smallest absolute Gasteiger partial charge is 0.211 e. The molecule has 2 nitrogen and oxygen atoms in total. The van der Waals surface area contributed by atoms with Crippen LogP contribution in [0.4, 0.5) is 5.69 Å². The van der Waals surface area contributed by atoms with Crippen molar-refractivity contribution >= 4 is 11.8 Å². The Morgan fingerprint density at radius 1 is 0.947 bits per heavy atom. The molecule has 1 aromatic carbocycles. The van der Waals surface area contributed by atoms with Crippen molar-refractivity contribution in [2.24, 2.45) is 4.99 Å². The van der Waals surface area contributed by atoms with Crippen LogP contribution >= 0.6 is 0 Å². The summed E-state index contributed by atoms with van der Waals surface area (Å²) in [7, 11) is 0. The van der Waals surface area contributed by atoms with Gasteiger partial charge in [-0.05, 0) is 24.5 Å². The molecule has 0 aromatic heterocycles. The van der Waals surface area contributed by atoms with Gasteiger partial charge in [-0.15, -0.1) is 0 Å². The second kappa shape index (κ2) is 10.5. The number of aryl methyl sites for hydroxylation is 1. The van der Waals surface area contributed by atoms with Gasteiger partial charge in [-0.3, -0.25) is 0 Å². The number of benzene rings is 1. The predicted octanol–water partition coefficient (Wildman–Crippen LogP) is 5.34. The largest absolute Gasteiger partial charge is 0.240 e. The number of isocyanates is 1. The fourth-order valence-corrected chi connectivity index (χ4v) is 2.33. The first-order chi connectivity index (χ1) is 9.38. The Bertz CT molecular complexity index is 394. The highest BCUT2D eigenvalue weighted by atomic mass is 16.1. The van der Waals surface area contributed by atoms with Crippen LogP contribution < -0.4 is 0 Å². The third-order valence-corrected chi connectivity index (χ3v) is 3.46. The summed E-state index contributed by atoms with van der Waals surface area (Å²) in [4.78, 5) is 14.1. The molecule has 0 N–H and O–H groups in total. The van der Waals surface area contributed by atoms with Crippen LogP contribution in [0.5, 0.6) is 0 Å². The molecule has 0 unspecified atom stereocenters. The molecule has 19 heavy (non-hydrogen) atoms. The molecule has 0 aliphatic heterocycles. The normalized spacial score (nSPS) is 10.2. The molecule has 1 aromatic rings. The molecule has 0 saturated heterocycles. The van der Waals surface area contributed by atoms with Crippen LogP contribution in [0, 0.1) is 0 Å². The van der Waals surface area contributed by atoms with Gasteiger partial charge in [0.25, 0.3) is 0 Å². The number of rotatable bonds is 10. The number of para-hydroxylation sites is 1. The van der Waals surface area contributed by atoms with E-state index in [4.69, 9.17) is 0 Å². The van der Waals surface area contributed by atoms with Gasteiger partial charge in [0.15, 0.2) is 0 Å². The summed E-state index contributed by atoms with van der Waals surface area (Å²) in [6.45, 7) is 2.25. The van der Waals surface area contributed by atoms with E-state index in [0.29, 0.717) is 0 Å². The van der Waals surface area contributed by atoms with E-state index in [1.165, 1.54) is 51.4 Å². The second-order valence-electron chi connectivity index (χ2n) is 5.06. The Balaban J connectivity index is 2.17. The molecule has 0 aliphatic carbocycles. The molecule has 0 saturated carbocycles. The summed E-state index contributed by atoms with van der Waals surface area (Å²) in [5.74, 6) is 0. The van der Waals surface area contributed by atoms with Crippen LogP contribution in [0.1, 0.15) is 63.9 Å². The van der Waals surface area contributed by atoms with E-state index in [1.54, 1.807) is 6.08 Å². The molecule has 104 valence electrons. The maximum absolute atomic E-state index is 10.3. The van der Waals surface area contributed by atoms with Crippen LogP contribution in [0.15, 0.2) is 29.3 Å². The van der Waals surface area contributed by atoms with E-state index in [9.17, 15) is 4.79 Å². The first-order valence-electron chi connectivity index (χ1n) is 7.54. The lowest BCUT2D eigenvalue weighted by Gasteiger charge is -2.04. The fourth-order valence-electron chi connectivity index (χ4n) is 2.33. The van der Waals surface area contributed by atoms with Crippen molar-refractivity contribution in [2.45, 2.75) is 64.7 Å². The highest BCUT2D eigenvalue weighted by molar-refractivity contribution is 5.53. The lowest BCUT2D eigenvalue weighted by atomic mass is 10.0. The summed E-state index contributed by atoms with van der Waals surface area (Å²) in [6, 6.07) is 7.85. The predicted molar refractivity (Wildman–Crippen MR) is 80.5 cm³/mol. The van der Waals surface area contributed by atoms with Crippen LogP contribution in [-0.4, -0.2) is 6.08 Å². The minimum absolute atomic E-state index is 0.778. The average molecular weight is 259 g/mol. The van der Waals surface area contributed by atoms with Gasteiger partial charge >= 0.3 is 0 Å². The summed E-state index contributed by atoms with van der Waals surface area (Å²) < 4.78 is 0. The first kappa shape index (κ1) is 15.7. The van der Waals surface area contributed by atoms with Gasteiger partial charge in [-0.25, -0.2) is 4.79 Å². The van der Waals surface area contributed by atoms with E-state index < -0.39 is 0 Å². The van der Waals surface area contributed by atoms with Gasteiger partial charge in [0, 0.05) is 0 Å². The minimum Gasteiger partial charge on any atom is -0.211 e. The van der Waals surface area contributed by atoms with Crippen molar-refractivity contribution in [2.75, 3.05) is 0 Å². The maximum atomic E-state index is 10.3. The zero-order valence-electron chi connectivity index (χ0n) is 12.0. The van der Waals surface area contributed by atoms with Crippen molar-refractivity contribution in [1.82, 2.24) is 0 Å². The molecule has 0 amide bonds. The quantitative estimate of drug-likeness (QED) is 0.317. The standard InChI is InChI=1S/C17H25NO/c1-2-3-4-5-6-7-8-9-12-16-13-10-11-14-17(16)18-15-19/h10-11,13-14H,2-9,12H2,1H3. The third kappa shape index (κ3) is 6.93. The zero-order chi connectivity index (χ0) is 13.8. The minimum atomic E-state index is 0.778. The number of carbonyl (C=O) groups excluding carboxylic acids is 1. The number of nitrogens with zero attached hydrogens (tertiary/aromatic N) is 1. The van der Waals surface area contributed by atoms with Gasteiger partial charge in [-0.1, -0.05) is 70.1 Å². The van der Waals surface area contributed by atoms with Crippen molar-refractivity contribution in [3.63, 3.8) is 0 Å². The summed E-state index contributed by atoms with van der Waals surface area (Å²) in [6.07, 6.45) is 13.2. The topological polar surface area (TPSA) is 29.4 Å². The third-order valence-electron chi connectivity index (χ3n) is 3.46. The molecule has 0 bridgehead atoms. The van der Waals surface area contributed by atoms with Crippen molar-refractivity contribution in [1.29, 1.82) is 0 Å².